The third-order valence-corrected chi connectivity index (χ3v) is 4.46. The number of aromatic nitrogens is 1. The fourth-order valence-electron chi connectivity index (χ4n) is 2.09. The van der Waals surface area contributed by atoms with E-state index in [1.807, 2.05) is 11.8 Å². The van der Waals surface area contributed by atoms with Gasteiger partial charge in [-0.25, -0.2) is 4.98 Å². The Morgan fingerprint density at radius 3 is 2.50 bits per heavy atom. The van der Waals surface area contributed by atoms with E-state index in [0.29, 0.717) is 42.5 Å². The van der Waals surface area contributed by atoms with Gasteiger partial charge in [0.1, 0.15) is 4.88 Å². The fraction of sp³-hybridized carbons (Fsp3) is 0.750. The van der Waals surface area contributed by atoms with Crippen molar-refractivity contribution < 1.29 is 18.3 Å². The van der Waals surface area contributed by atoms with Crippen molar-refractivity contribution in [3.63, 3.8) is 0 Å². The van der Waals surface area contributed by atoms with Crippen molar-refractivity contribution >= 4 is 16.5 Å². The van der Waals surface area contributed by atoms with E-state index in [9.17, 15) is 18.3 Å². The molecule has 1 fully saturated rings. The van der Waals surface area contributed by atoms with E-state index in [1.54, 1.807) is 0 Å². The van der Waals surface area contributed by atoms with Gasteiger partial charge in [-0.3, -0.25) is 4.90 Å². The third-order valence-electron chi connectivity index (χ3n) is 3.36. The van der Waals surface area contributed by atoms with Gasteiger partial charge in [0, 0.05) is 32.7 Å². The molecule has 114 valence electrons. The van der Waals surface area contributed by atoms with Crippen LogP contribution in [0.2, 0.25) is 0 Å². The SMILES string of the molecule is CC[C@H](O)CN1CCN(c2ncc(C(F)(F)F)s2)CC1. The second-order valence-electron chi connectivity index (χ2n) is 4.85. The number of anilines is 1. The number of hydrogen-bond donors (Lipinski definition) is 1. The van der Waals surface area contributed by atoms with Crippen molar-refractivity contribution in [1.82, 2.24) is 9.88 Å². The Bertz CT molecular complexity index is 430. The number of aliphatic hydroxyl groups excluding tert-OH is 1. The van der Waals surface area contributed by atoms with Crippen LogP contribution in [0, 0.1) is 0 Å². The van der Waals surface area contributed by atoms with Crippen molar-refractivity contribution in [3.05, 3.63) is 11.1 Å². The lowest BCUT2D eigenvalue weighted by Gasteiger charge is -2.35. The fourth-order valence-corrected chi connectivity index (χ4v) is 2.93. The van der Waals surface area contributed by atoms with Crippen LogP contribution in [0.25, 0.3) is 0 Å². The summed E-state index contributed by atoms with van der Waals surface area (Å²) in [7, 11) is 0. The Labute approximate surface area is 119 Å². The van der Waals surface area contributed by atoms with Gasteiger partial charge in [-0.1, -0.05) is 18.3 Å². The van der Waals surface area contributed by atoms with Gasteiger partial charge in [-0.05, 0) is 6.42 Å². The van der Waals surface area contributed by atoms with Crippen molar-refractivity contribution in [2.75, 3.05) is 37.6 Å². The molecular formula is C12H18F3N3OS. The second kappa shape index (κ2) is 6.28. The molecule has 0 saturated carbocycles. The number of halogens is 3. The lowest BCUT2D eigenvalue weighted by Crippen LogP contribution is -2.48. The number of rotatable bonds is 4. The van der Waals surface area contributed by atoms with E-state index in [1.165, 1.54) is 0 Å². The van der Waals surface area contributed by atoms with Crippen molar-refractivity contribution in [2.24, 2.45) is 0 Å². The van der Waals surface area contributed by atoms with Crippen LogP contribution in [-0.4, -0.2) is 53.8 Å². The molecule has 1 aliphatic rings. The quantitative estimate of drug-likeness (QED) is 0.924. The summed E-state index contributed by atoms with van der Waals surface area (Å²) < 4.78 is 37.6. The molecule has 1 aromatic heterocycles. The van der Waals surface area contributed by atoms with Crippen LogP contribution in [0.5, 0.6) is 0 Å². The minimum absolute atomic E-state index is 0.335. The second-order valence-corrected chi connectivity index (χ2v) is 5.86. The standard InChI is InChI=1S/C12H18F3N3OS/c1-2-9(19)8-17-3-5-18(6-4-17)11-16-7-10(20-11)12(13,14)15/h7,9,19H,2-6,8H2,1H3/t9-/m0/s1. The number of β-amino-alcohol motifs (C(OH)–C–C–N with tert-alkyl or cyclic N) is 1. The average molecular weight is 309 g/mol. The summed E-state index contributed by atoms with van der Waals surface area (Å²) >= 11 is 0.688. The zero-order valence-electron chi connectivity index (χ0n) is 11.2. The lowest BCUT2D eigenvalue weighted by atomic mass is 10.2. The van der Waals surface area contributed by atoms with Crippen LogP contribution < -0.4 is 4.90 Å². The molecule has 1 N–H and O–H groups in total. The van der Waals surface area contributed by atoms with E-state index in [0.717, 1.165) is 19.3 Å². The first kappa shape index (κ1) is 15.5. The molecule has 0 bridgehead atoms. The number of nitrogens with zero attached hydrogens (tertiary/aromatic N) is 3. The summed E-state index contributed by atoms with van der Waals surface area (Å²) in [5, 5.41) is 10.0. The average Bonchev–Trinajstić information content (AvgIpc) is 2.89. The highest BCUT2D eigenvalue weighted by molar-refractivity contribution is 7.15. The van der Waals surface area contributed by atoms with Crippen LogP contribution in [-0.2, 0) is 6.18 Å². The first-order chi connectivity index (χ1) is 9.40. The number of alkyl halides is 3. The van der Waals surface area contributed by atoms with Crippen LogP contribution in [0.3, 0.4) is 0 Å². The summed E-state index contributed by atoms with van der Waals surface area (Å²) in [6.07, 6.45) is -3.05. The summed E-state index contributed by atoms with van der Waals surface area (Å²) in [6.45, 7) is 5.30. The first-order valence-electron chi connectivity index (χ1n) is 6.58. The van der Waals surface area contributed by atoms with E-state index in [-0.39, 0.29) is 6.10 Å². The third kappa shape index (κ3) is 3.83. The van der Waals surface area contributed by atoms with Crippen molar-refractivity contribution in [3.8, 4) is 0 Å². The Hall–Kier alpha value is -0.860. The highest BCUT2D eigenvalue weighted by atomic mass is 32.1. The van der Waals surface area contributed by atoms with Gasteiger partial charge in [0.2, 0.25) is 0 Å². The van der Waals surface area contributed by atoms with Gasteiger partial charge in [0.15, 0.2) is 5.13 Å². The van der Waals surface area contributed by atoms with E-state index in [4.69, 9.17) is 0 Å². The number of hydrogen-bond acceptors (Lipinski definition) is 5. The predicted molar refractivity (Wildman–Crippen MR) is 72.1 cm³/mol. The Morgan fingerprint density at radius 1 is 1.35 bits per heavy atom. The molecule has 0 radical (unpaired) electrons. The molecule has 0 amide bonds. The minimum Gasteiger partial charge on any atom is -0.392 e. The smallest absolute Gasteiger partial charge is 0.392 e. The molecule has 2 heterocycles. The summed E-state index contributed by atoms with van der Waals surface area (Å²) in [4.78, 5) is 7.21. The molecule has 1 atom stereocenters. The van der Waals surface area contributed by atoms with Gasteiger partial charge in [-0.2, -0.15) is 13.2 Å². The van der Waals surface area contributed by atoms with E-state index >= 15 is 0 Å². The zero-order valence-corrected chi connectivity index (χ0v) is 12.0. The Kier molecular flexibility index (Phi) is 4.87. The lowest BCUT2D eigenvalue weighted by molar-refractivity contribution is -0.134. The number of thiazole rings is 1. The molecule has 8 heteroatoms. The molecule has 0 spiro atoms. The molecule has 1 saturated heterocycles. The predicted octanol–water partition coefficient (Wildman–Crippen LogP) is 2.05. The molecule has 20 heavy (non-hydrogen) atoms. The molecule has 1 aliphatic heterocycles. The molecule has 0 aromatic carbocycles. The van der Waals surface area contributed by atoms with E-state index in [2.05, 4.69) is 9.88 Å². The Morgan fingerprint density at radius 2 is 2.00 bits per heavy atom. The number of aliphatic hydroxyl groups is 1. The van der Waals surface area contributed by atoms with Gasteiger partial charge < -0.3 is 10.0 Å². The molecular weight excluding hydrogens is 291 g/mol. The van der Waals surface area contributed by atoms with Gasteiger partial charge in [0.25, 0.3) is 0 Å². The maximum Gasteiger partial charge on any atom is 0.427 e. The van der Waals surface area contributed by atoms with E-state index < -0.39 is 11.1 Å². The highest BCUT2D eigenvalue weighted by Gasteiger charge is 2.34. The minimum atomic E-state index is -4.32. The van der Waals surface area contributed by atoms with Crippen LogP contribution in [0.15, 0.2) is 6.20 Å². The molecule has 4 nitrogen and oxygen atoms in total. The molecule has 0 unspecified atom stereocenters. The number of piperazine rings is 1. The van der Waals surface area contributed by atoms with Crippen LogP contribution in [0.1, 0.15) is 18.2 Å². The van der Waals surface area contributed by atoms with Gasteiger partial charge >= 0.3 is 6.18 Å². The normalized spacial score (nSPS) is 19.4. The summed E-state index contributed by atoms with van der Waals surface area (Å²) in [6, 6.07) is 0. The zero-order chi connectivity index (χ0) is 14.8. The first-order valence-corrected chi connectivity index (χ1v) is 7.40. The maximum atomic E-state index is 12.5. The molecule has 0 aliphatic carbocycles. The molecule has 2 rings (SSSR count). The van der Waals surface area contributed by atoms with Gasteiger partial charge in [-0.15, -0.1) is 0 Å². The van der Waals surface area contributed by atoms with Gasteiger partial charge in [0.05, 0.1) is 12.3 Å². The molecule has 1 aromatic rings. The van der Waals surface area contributed by atoms with Crippen molar-refractivity contribution in [2.45, 2.75) is 25.6 Å². The topological polar surface area (TPSA) is 39.6 Å². The van der Waals surface area contributed by atoms with Crippen LogP contribution in [0.4, 0.5) is 18.3 Å². The summed E-state index contributed by atoms with van der Waals surface area (Å²) in [5.74, 6) is 0. The Balaban J connectivity index is 1.89. The largest absolute Gasteiger partial charge is 0.427 e. The summed E-state index contributed by atoms with van der Waals surface area (Å²) in [5.41, 5.74) is 0. The van der Waals surface area contributed by atoms with Crippen molar-refractivity contribution in [1.29, 1.82) is 0 Å². The van der Waals surface area contributed by atoms with Crippen LogP contribution >= 0.6 is 11.3 Å². The highest BCUT2D eigenvalue weighted by Crippen LogP contribution is 2.36. The maximum absolute atomic E-state index is 12.5. The monoisotopic (exact) mass is 309 g/mol.